The number of nitrogens with zero attached hydrogens (tertiary/aromatic N) is 1. The summed E-state index contributed by atoms with van der Waals surface area (Å²) in [6.07, 6.45) is 0.676. The van der Waals surface area contributed by atoms with Crippen molar-refractivity contribution in [1.82, 2.24) is 0 Å². The molecule has 2 aromatic rings. The van der Waals surface area contributed by atoms with Crippen LogP contribution in [0.25, 0.3) is 5.76 Å². The standard InChI is InChI=1S/C18H12F5NO4/c19-12-11(13(20)15(22)16(23)14(12)21)17(26)9(18(27)28)7-24-6-5-8-3-1-2-4-10(8)25/h1-4,7,25-26H,5-6H2,(H,27,28). The highest BCUT2D eigenvalue weighted by molar-refractivity contribution is 6.14. The van der Waals surface area contributed by atoms with Crippen molar-refractivity contribution in [3.63, 3.8) is 0 Å². The van der Waals surface area contributed by atoms with E-state index in [0.29, 0.717) is 11.8 Å². The van der Waals surface area contributed by atoms with Gasteiger partial charge in [-0.05, 0) is 18.1 Å². The monoisotopic (exact) mass is 401 g/mol. The lowest BCUT2D eigenvalue weighted by atomic mass is 10.1. The smallest absolute Gasteiger partial charge is 0.341 e. The molecule has 0 aromatic heterocycles. The highest BCUT2D eigenvalue weighted by Gasteiger charge is 2.30. The number of carbonyl (C=O) groups is 1. The summed E-state index contributed by atoms with van der Waals surface area (Å²) in [5.74, 6) is -15.5. The molecule has 0 aliphatic rings. The van der Waals surface area contributed by atoms with Crippen molar-refractivity contribution in [1.29, 1.82) is 0 Å². The van der Waals surface area contributed by atoms with Crippen LogP contribution in [0.3, 0.4) is 0 Å². The number of aliphatic imine (C=N–C) groups is 1. The molecule has 0 radical (unpaired) electrons. The number of hydrogen-bond acceptors (Lipinski definition) is 4. The molecule has 0 aliphatic carbocycles. The predicted octanol–water partition coefficient (Wildman–Crippen LogP) is 3.75. The second-order valence-electron chi connectivity index (χ2n) is 5.43. The molecule has 2 rings (SSSR count). The normalized spacial score (nSPS) is 12.3. The molecule has 148 valence electrons. The molecule has 3 N–H and O–H groups in total. The summed E-state index contributed by atoms with van der Waals surface area (Å²) < 4.78 is 67.1. The van der Waals surface area contributed by atoms with E-state index in [1.807, 2.05) is 0 Å². The van der Waals surface area contributed by atoms with E-state index in [-0.39, 0.29) is 18.7 Å². The molecule has 28 heavy (non-hydrogen) atoms. The van der Waals surface area contributed by atoms with Crippen molar-refractivity contribution in [2.45, 2.75) is 6.42 Å². The fraction of sp³-hybridized carbons (Fsp3) is 0.111. The molecule has 2 aromatic carbocycles. The third-order valence-electron chi connectivity index (χ3n) is 3.65. The number of aliphatic carboxylic acids is 1. The summed E-state index contributed by atoms with van der Waals surface area (Å²) in [6, 6.07) is 6.20. The van der Waals surface area contributed by atoms with Crippen molar-refractivity contribution in [2.75, 3.05) is 6.54 Å². The van der Waals surface area contributed by atoms with E-state index in [4.69, 9.17) is 5.11 Å². The average Bonchev–Trinajstić information content (AvgIpc) is 2.65. The molecule has 0 amide bonds. The van der Waals surface area contributed by atoms with Gasteiger partial charge in [0.25, 0.3) is 0 Å². The highest BCUT2D eigenvalue weighted by Crippen LogP contribution is 2.28. The van der Waals surface area contributed by atoms with E-state index in [0.717, 1.165) is 0 Å². The first-order chi connectivity index (χ1) is 13.2. The number of aromatic hydroxyl groups is 1. The summed E-state index contributed by atoms with van der Waals surface area (Å²) in [7, 11) is 0. The first-order valence-corrected chi connectivity index (χ1v) is 7.61. The number of hydrogen-bond donors (Lipinski definition) is 3. The lowest BCUT2D eigenvalue weighted by molar-refractivity contribution is -0.132. The Labute approximate surface area is 154 Å². The van der Waals surface area contributed by atoms with E-state index >= 15 is 0 Å². The van der Waals surface area contributed by atoms with Gasteiger partial charge in [-0.15, -0.1) is 0 Å². The van der Waals surface area contributed by atoms with Crippen LogP contribution in [0.5, 0.6) is 5.75 Å². The second-order valence-corrected chi connectivity index (χ2v) is 5.43. The van der Waals surface area contributed by atoms with Gasteiger partial charge in [-0.1, -0.05) is 18.2 Å². The Kier molecular flexibility index (Phi) is 6.34. The van der Waals surface area contributed by atoms with Crippen molar-refractivity contribution in [3.05, 3.63) is 70.1 Å². The summed E-state index contributed by atoms with van der Waals surface area (Å²) in [5.41, 5.74) is -2.48. The zero-order valence-electron chi connectivity index (χ0n) is 13.9. The number of aliphatic hydroxyl groups is 1. The van der Waals surface area contributed by atoms with Crippen molar-refractivity contribution in [3.8, 4) is 5.75 Å². The van der Waals surface area contributed by atoms with Crippen LogP contribution >= 0.6 is 0 Å². The van der Waals surface area contributed by atoms with Crippen molar-refractivity contribution in [2.24, 2.45) is 4.99 Å². The molecule has 0 atom stereocenters. The Hall–Kier alpha value is -3.43. The van der Waals surface area contributed by atoms with Crippen molar-refractivity contribution >= 4 is 17.9 Å². The molecule has 0 heterocycles. The van der Waals surface area contributed by atoms with Crippen LogP contribution in [0, 0.1) is 29.1 Å². The maximum Gasteiger partial charge on any atom is 0.341 e. The molecule has 0 saturated heterocycles. The molecule has 0 unspecified atom stereocenters. The Morgan fingerprint density at radius 1 is 0.929 bits per heavy atom. The van der Waals surface area contributed by atoms with Crippen LogP contribution in [0.4, 0.5) is 22.0 Å². The molecule has 0 bridgehead atoms. The van der Waals surface area contributed by atoms with Gasteiger partial charge < -0.3 is 15.3 Å². The zero-order chi connectivity index (χ0) is 21.0. The number of carboxylic acid groups (broad SMARTS) is 1. The fourth-order valence-electron chi connectivity index (χ4n) is 2.23. The number of benzene rings is 2. The van der Waals surface area contributed by atoms with Crippen molar-refractivity contribution < 1.29 is 42.1 Å². The summed E-state index contributed by atoms with van der Waals surface area (Å²) in [4.78, 5) is 14.9. The molecular weight excluding hydrogens is 389 g/mol. The topological polar surface area (TPSA) is 90.1 Å². The molecule has 0 spiro atoms. The molecular formula is C18H12F5NO4. The Morgan fingerprint density at radius 2 is 1.46 bits per heavy atom. The highest BCUT2D eigenvalue weighted by atomic mass is 19.2. The minimum atomic E-state index is -2.44. The van der Waals surface area contributed by atoms with Gasteiger partial charge in [0.2, 0.25) is 5.82 Å². The second kappa shape index (κ2) is 8.51. The molecule has 0 fully saturated rings. The minimum absolute atomic E-state index is 0.0315. The van der Waals surface area contributed by atoms with Gasteiger partial charge in [0.05, 0.1) is 5.56 Å². The first-order valence-electron chi connectivity index (χ1n) is 7.61. The fourth-order valence-corrected chi connectivity index (χ4v) is 2.23. The molecule has 10 heteroatoms. The predicted molar refractivity (Wildman–Crippen MR) is 88.6 cm³/mol. The zero-order valence-corrected chi connectivity index (χ0v) is 13.9. The molecule has 0 saturated carbocycles. The van der Waals surface area contributed by atoms with E-state index < -0.39 is 52.0 Å². The third-order valence-corrected chi connectivity index (χ3v) is 3.65. The summed E-state index contributed by atoms with van der Waals surface area (Å²) in [6.45, 7) is -0.0985. The Bertz CT molecular complexity index is 959. The van der Waals surface area contributed by atoms with Gasteiger partial charge in [-0.2, -0.15) is 0 Å². The van der Waals surface area contributed by atoms with Crippen LogP contribution in [-0.4, -0.2) is 34.0 Å². The Morgan fingerprint density at radius 3 is 2.00 bits per heavy atom. The first kappa shape index (κ1) is 20.9. The number of carboxylic acids is 1. The van der Waals surface area contributed by atoms with Gasteiger partial charge in [0.15, 0.2) is 23.3 Å². The maximum absolute atomic E-state index is 13.8. The van der Waals surface area contributed by atoms with E-state index in [1.54, 1.807) is 18.2 Å². The number of phenols is 1. The quantitative estimate of drug-likeness (QED) is 0.172. The van der Waals surface area contributed by atoms with Gasteiger partial charge in [0.1, 0.15) is 17.1 Å². The van der Waals surface area contributed by atoms with Crippen LogP contribution in [0.1, 0.15) is 11.1 Å². The maximum atomic E-state index is 13.8. The number of para-hydroxylation sites is 1. The van der Waals surface area contributed by atoms with E-state index in [1.165, 1.54) is 6.07 Å². The number of rotatable bonds is 6. The van der Waals surface area contributed by atoms with E-state index in [2.05, 4.69) is 4.99 Å². The summed E-state index contributed by atoms with van der Waals surface area (Å²) in [5, 5.41) is 28.5. The van der Waals surface area contributed by atoms with Crippen LogP contribution in [-0.2, 0) is 11.2 Å². The largest absolute Gasteiger partial charge is 0.508 e. The van der Waals surface area contributed by atoms with Gasteiger partial charge in [0, 0.05) is 12.8 Å². The van der Waals surface area contributed by atoms with Crippen LogP contribution < -0.4 is 0 Å². The molecule has 0 aliphatic heterocycles. The minimum Gasteiger partial charge on any atom is -0.508 e. The average molecular weight is 401 g/mol. The lowest BCUT2D eigenvalue weighted by Crippen LogP contribution is -2.12. The number of aliphatic hydroxyl groups excluding tert-OH is 1. The summed E-state index contributed by atoms with van der Waals surface area (Å²) >= 11 is 0. The molecule has 5 nitrogen and oxygen atoms in total. The Balaban J connectivity index is 2.39. The van der Waals surface area contributed by atoms with E-state index in [9.17, 15) is 37.0 Å². The van der Waals surface area contributed by atoms with Gasteiger partial charge in [-0.25, -0.2) is 26.7 Å². The van der Waals surface area contributed by atoms with Gasteiger partial charge in [-0.3, -0.25) is 4.99 Å². The SMILES string of the molecule is O=C(O)C(C=NCCc1ccccc1O)=C(O)c1c(F)c(F)c(F)c(F)c1F. The third kappa shape index (κ3) is 4.11. The van der Waals surface area contributed by atoms with Gasteiger partial charge >= 0.3 is 5.97 Å². The number of halogens is 5. The lowest BCUT2D eigenvalue weighted by Gasteiger charge is -2.09. The van der Waals surface area contributed by atoms with Crippen LogP contribution in [0.2, 0.25) is 0 Å². The van der Waals surface area contributed by atoms with Crippen LogP contribution in [0.15, 0.2) is 34.8 Å². The number of phenolic OH excluding ortho intramolecular Hbond substituents is 1.